The molecular weight excluding hydrogens is 396 g/mol. The minimum atomic E-state index is 0.391. The summed E-state index contributed by atoms with van der Waals surface area (Å²) in [7, 11) is 1.78. The van der Waals surface area contributed by atoms with Gasteiger partial charge in [-0.2, -0.15) is 0 Å². The summed E-state index contributed by atoms with van der Waals surface area (Å²) in [5, 5.41) is 0. The van der Waals surface area contributed by atoms with Crippen LogP contribution in [0, 0.1) is 5.92 Å². The highest BCUT2D eigenvalue weighted by molar-refractivity contribution is 5.34. The maximum Gasteiger partial charge on any atom is 0.123 e. The van der Waals surface area contributed by atoms with Gasteiger partial charge < -0.3 is 9.47 Å². The molecule has 1 aliphatic carbocycles. The molecule has 2 aliphatic heterocycles. The number of likely N-dealkylation sites (tertiary alicyclic amines) is 1. The van der Waals surface area contributed by atoms with Crippen LogP contribution in [0.25, 0.3) is 0 Å². The van der Waals surface area contributed by atoms with Crippen molar-refractivity contribution in [3.05, 3.63) is 65.2 Å². The molecule has 1 unspecified atom stereocenters. The van der Waals surface area contributed by atoms with Crippen LogP contribution in [-0.2, 0) is 24.1 Å². The third-order valence-electron chi connectivity index (χ3n) is 7.78. The second-order valence-corrected chi connectivity index (χ2v) is 9.95. The second kappa shape index (κ2) is 10.4. The van der Waals surface area contributed by atoms with Gasteiger partial charge in [0.1, 0.15) is 5.75 Å². The van der Waals surface area contributed by atoms with Crippen molar-refractivity contribution in [1.29, 1.82) is 0 Å². The van der Waals surface area contributed by atoms with Gasteiger partial charge in [-0.3, -0.25) is 9.80 Å². The van der Waals surface area contributed by atoms with Gasteiger partial charge in [0.15, 0.2) is 0 Å². The SMILES string of the molecule is COc1ccccc1CN(CC1CCN(C2Cc3ccccc3C2)CC1)CC1CCCO1. The molecule has 2 fully saturated rings. The van der Waals surface area contributed by atoms with Crippen LogP contribution in [0.3, 0.4) is 0 Å². The smallest absolute Gasteiger partial charge is 0.123 e. The number of rotatable bonds is 8. The lowest BCUT2D eigenvalue weighted by atomic mass is 9.94. The van der Waals surface area contributed by atoms with Gasteiger partial charge in [0.05, 0.1) is 13.2 Å². The number of hydrogen-bond donors (Lipinski definition) is 0. The fraction of sp³-hybridized carbons (Fsp3) is 0.571. The Labute approximate surface area is 193 Å². The number of methoxy groups -OCH3 is 1. The topological polar surface area (TPSA) is 24.9 Å². The van der Waals surface area contributed by atoms with Crippen molar-refractivity contribution in [3.8, 4) is 5.75 Å². The molecular formula is C28H38N2O2. The van der Waals surface area contributed by atoms with Gasteiger partial charge >= 0.3 is 0 Å². The van der Waals surface area contributed by atoms with E-state index in [9.17, 15) is 0 Å². The third kappa shape index (κ3) is 5.19. The lowest BCUT2D eigenvalue weighted by molar-refractivity contribution is 0.0539. The second-order valence-electron chi connectivity index (χ2n) is 9.95. The first kappa shape index (κ1) is 21.9. The summed E-state index contributed by atoms with van der Waals surface area (Å²) >= 11 is 0. The third-order valence-corrected chi connectivity index (χ3v) is 7.78. The van der Waals surface area contributed by atoms with Gasteiger partial charge in [0, 0.05) is 37.8 Å². The highest BCUT2D eigenvalue weighted by Crippen LogP contribution is 2.30. The molecule has 4 nitrogen and oxygen atoms in total. The van der Waals surface area contributed by atoms with Crippen molar-refractivity contribution in [2.75, 3.05) is 39.9 Å². The number of piperidine rings is 1. The van der Waals surface area contributed by atoms with E-state index < -0.39 is 0 Å². The summed E-state index contributed by atoms with van der Waals surface area (Å²) in [6, 6.07) is 18.2. The predicted octanol–water partition coefficient (Wildman–Crippen LogP) is 4.56. The summed E-state index contributed by atoms with van der Waals surface area (Å²) in [5.41, 5.74) is 4.42. The van der Waals surface area contributed by atoms with Crippen molar-refractivity contribution in [3.63, 3.8) is 0 Å². The Balaban J connectivity index is 1.18. The lowest BCUT2D eigenvalue weighted by Gasteiger charge is -2.38. The monoisotopic (exact) mass is 434 g/mol. The molecule has 0 spiro atoms. The van der Waals surface area contributed by atoms with E-state index in [0.717, 1.165) is 37.9 Å². The molecule has 0 amide bonds. The van der Waals surface area contributed by atoms with Crippen LogP contribution in [0.4, 0.5) is 0 Å². The predicted molar refractivity (Wildman–Crippen MR) is 129 cm³/mol. The Hall–Kier alpha value is -1.88. The quantitative estimate of drug-likeness (QED) is 0.608. The summed E-state index contributed by atoms with van der Waals surface area (Å²) in [4.78, 5) is 5.40. The Bertz CT molecular complexity index is 846. The molecule has 32 heavy (non-hydrogen) atoms. The Morgan fingerprint density at radius 3 is 2.34 bits per heavy atom. The van der Waals surface area contributed by atoms with E-state index in [1.165, 1.54) is 57.2 Å². The van der Waals surface area contributed by atoms with Gasteiger partial charge in [-0.25, -0.2) is 0 Å². The average Bonchev–Trinajstić information content (AvgIpc) is 3.49. The molecule has 3 aliphatic rings. The van der Waals surface area contributed by atoms with Crippen LogP contribution in [0.15, 0.2) is 48.5 Å². The number of ether oxygens (including phenoxy) is 2. The molecule has 0 N–H and O–H groups in total. The van der Waals surface area contributed by atoms with E-state index in [0.29, 0.717) is 12.1 Å². The number of nitrogens with zero attached hydrogens (tertiary/aromatic N) is 2. The molecule has 0 saturated carbocycles. The summed E-state index contributed by atoms with van der Waals surface area (Å²) in [6.07, 6.45) is 7.88. The largest absolute Gasteiger partial charge is 0.496 e. The summed E-state index contributed by atoms with van der Waals surface area (Å²) in [6.45, 7) is 6.56. The Morgan fingerprint density at radius 2 is 1.66 bits per heavy atom. The molecule has 2 saturated heterocycles. The van der Waals surface area contributed by atoms with Crippen LogP contribution < -0.4 is 4.74 Å². The van der Waals surface area contributed by atoms with E-state index in [-0.39, 0.29) is 0 Å². The standard InChI is InChI=1S/C28H38N2O2/c1-31-28-11-5-4-9-25(28)20-29(21-27-10-6-16-32-27)19-22-12-14-30(15-13-22)26-17-23-7-2-3-8-24(23)18-26/h2-5,7-9,11,22,26-27H,6,10,12-21H2,1H3. The van der Waals surface area contributed by atoms with Gasteiger partial charge in [0.2, 0.25) is 0 Å². The molecule has 4 heteroatoms. The fourth-order valence-electron chi connectivity index (χ4n) is 6.01. The van der Waals surface area contributed by atoms with Crippen LogP contribution >= 0.6 is 0 Å². The fourth-order valence-corrected chi connectivity index (χ4v) is 6.01. The van der Waals surface area contributed by atoms with Crippen molar-refractivity contribution < 1.29 is 9.47 Å². The average molecular weight is 435 g/mol. The molecule has 0 aromatic heterocycles. The molecule has 2 heterocycles. The van der Waals surface area contributed by atoms with Gasteiger partial charge in [-0.1, -0.05) is 42.5 Å². The van der Waals surface area contributed by atoms with E-state index >= 15 is 0 Å². The molecule has 172 valence electrons. The van der Waals surface area contributed by atoms with Gasteiger partial charge in [-0.05, 0) is 74.7 Å². The Kier molecular flexibility index (Phi) is 7.11. The van der Waals surface area contributed by atoms with Crippen LogP contribution in [-0.4, -0.2) is 61.8 Å². The molecule has 5 rings (SSSR count). The summed E-state index contributed by atoms with van der Waals surface area (Å²) in [5.74, 6) is 1.77. The first-order chi connectivity index (χ1) is 15.8. The summed E-state index contributed by atoms with van der Waals surface area (Å²) < 4.78 is 11.6. The maximum atomic E-state index is 6.00. The minimum absolute atomic E-state index is 0.391. The zero-order valence-electron chi connectivity index (χ0n) is 19.5. The normalized spacial score (nSPS) is 22.5. The molecule has 0 radical (unpaired) electrons. The first-order valence-corrected chi connectivity index (χ1v) is 12.5. The van der Waals surface area contributed by atoms with Crippen molar-refractivity contribution in [1.82, 2.24) is 9.80 Å². The van der Waals surface area contributed by atoms with Crippen molar-refractivity contribution in [2.24, 2.45) is 5.92 Å². The number of benzene rings is 2. The van der Waals surface area contributed by atoms with Crippen molar-refractivity contribution >= 4 is 0 Å². The number of para-hydroxylation sites is 1. The van der Waals surface area contributed by atoms with E-state index in [2.05, 4.69) is 58.3 Å². The minimum Gasteiger partial charge on any atom is -0.496 e. The zero-order valence-corrected chi connectivity index (χ0v) is 19.5. The Morgan fingerprint density at radius 1 is 0.938 bits per heavy atom. The van der Waals surface area contributed by atoms with E-state index in [1.807, 2.05) is 0 Å². The van der Waals surface area contributed by atoms with Gasteiger partial charge in [0.25, 0.3) is 0 Å². The lowest BCUT2D eigenvalue weighted by Crippen LogP contribution is -2.44. The highest BCUT2D eigenvalue weighted by Gasteiger charge is 2.31. The highest BCUT2D eigenvalue weighted by atomic mass is 16.5. The van der Waals surface area contributed by atoms with Crippen LogP contribution in [0.5, 0.6) is 5.75 Å². The van der Waals surface area contributed by atoms with Crippen molar-refractivity contribution in [2.45, 2.75) is 57.2 Å². The molecule has 1 atom stereocenters. The zero-order chi connectivity index (χ0) is 21.8. The van der Waals surface area contributed by atoms with E-state index in [1.54, 1.807) is 18.2 Å². The molecule has 0 bridgehead atoms. The number of fused-ring (bicyclic) bond motifs is 1. The van der Waals surface area contributed by atoms with Gasteiger partial charge in [-0.15, -0.1) is 0 Å². The number of hydrogen-bond acceptors (Lipinski definition) is 4. The maximum absolute atomic E-state index is 6.00. The van der Waals surface area contributed by atoms with Crippen LogP contribution in [0.2, 0.25) is 0 Å². The van der Waals surface area contributed by atoms with Crippen LogP contribution in [0.1, 0.15) is 42.4 Å². The molecule has 2 aromatic carbocycles. The first-order valence-electron chi connectivity index (χ1n) is 12.5. The molecule has 2 aromatic rings. The van der Waals surface area contributed by atoms with E-state index in [4.69, 9.17) is 9.47 Å².